The van der Waals surface area contributed by atoms with Gasteiger partial charge < -0.3 is 9.47 Å². The third-order valence-electron chi connectivity index (χ3n) is 6.55. The lowest BCUT2D eigenvalue weighted by Crippen LogP contribution is -2.48. The first-order valence-corrected chi connectivity index (χ1v) is 14.1. The van der Waals surface area contributed by atoms with Gasteiger partial charge in [-0.15, -0.1) is 0 Å². The van der Waals surface area contributed by atoms with E-state index in [1.54, 1.807) is 38.5 Å². The zero-order valence-corrected chi connectivity index (χ0v) is 20.2. The van der Waals surface area contributed by atoms with Gasteiger partial charge in [0.1, 0.15) is 0 Å². The minimum Gasteiger partial charge on any atom is -0.493 e. The van der Waals surface area contributed by atoms with Crippen LogP contribution in [0.1, 0.15) is 23.6 Å². The molecular weight excluding hydrogens is 450 g/mol. The fourth-order valence-electron chi connectivity index (χ4n) is 4.71. The Morgan fingerprint density at radius 3 is 2.22 bits per heavy atom. The number of nitrogens with zero attached hydrogens (tertiary/aromatic N) is 1. The lowest BCUT2D eigenvalue weighted by Gasteiger charge is -2.36. The SMILES string of the molecule is CCc1ccc(S(=O)(=O)[C@@H]2CS(=O)(=O)C[C@H]2N2CCc3cc(OC)c(OC)cc3C2)cc1. The highest BCUT2D eigenvalue weighted by atomic mass is 32.2. The van der Waals surface area contributed by atoms with E-state index in [-0.39, 0.29) is 16.4 Å². The van der Waals surface area contributed by atoms with E-state index in [9.17, 15) is 16.8 Å². The van der Waals surface area contributed by atoms with Gasteiger partial charge in [0.15, 0.2) is 31.2 Å². The summed E-state index contributed by atoms with van der Waals surface area (Å²) in [5.74, 6) is 0.767. The highest BCUT2D eigenvalue weighted by Gasteiger charge is 2.48. The third kappa shape index (κ3) is 4.25. The smallest absolute Gasteiger partial charge is 0.183 e. The monoisotopic (exact) mass is 479 g/mol. The normalized spacial score (nSPS) is 23.0. The maximum Gasteiger partial charge on any atom is 0.183 e. The molecule has 1 fully saturated rings. The fourth-order valence-corrected chi connectivity index (χ4v) is 9.54. The Hall–Kier alpha value is -2.10. The number of benzene rings is 2. The van der Waals surface area contributed by atoms with Gasteiger partial charge in [-0.25, -0.2) is 16.8 Å². The second-order valence-electron chi connectivity index (χ2n) is 8.42. The Labute approximate surface area is 190 Å². The minimum absolute atomic E-state index is 0.146. The van der Waals surface area contributed by atoms with E-state index >= 15 is 0 Å². The third-order valence-corrected chi connectivity index (χ3v) is 10.7. The van der Waals surface area contributed by atoms with Crippen LogP contribution in [0, 0.1) is 0 Å². The number of hydrogen-bond donors (Lipinski definition) is 0. The largest absolute Gasteiger partial charge is 0.493 e. The zero-order valence-electron chi connectivity index (χ0n) is 18.6. The fraction of sp³-hybridized carbons (Fsp3) is 0.478. The van der Waals surface area contributed by atoms with Crippen LogP contribution in [0.4, 0.5) is 0 Å². The molecule has 2 aromatic carbocycles. The number of methoxy groups -OCH3 is 2. The van der Waals surface area contributed by atoms with Crippen molar-refractivity contribution in [3.63, 3.8) is 0 Å². The second kappa shape index (κ2) is 8.68. The van der Waals surface area contributed by atoms with Crippen LogP contribution >= 0.6 is 0 Å². The molecule has 0 amide bonds. The zero-order chi connectivity index (χ0) is 23.1. The quantitative estimate of drug-likeness (QED) is 0.628. The van der Waals surface area contributed by atoms with Crippen molar-refractivity contribution < 1.29 is 26.3 Å². The lowest BCUT2D eigenvalue weighted by molar-refractivity contribution is 0.195. The van der Waals surface area contributed by atoms with Crippen molar-refractivity contribution in [2.24, 2.45) is 0 Å². The summed E-state index contributed by atoms with van der Waals surface area (Å²) in [6, 6.07) is 10.0. The molecule has 0 unspecified atom stereocenters. The van der Waals surface area contributed by atoms with E-state index < -0.39 is 31.0 Å². The van der Waals surface area contributed by atoms with Crippen molar-refractivity contribution in [3.8, 4) is 11.5 Å². The van der Waals surface area contributed by atoms with E-state index in [0.717, 1.165) is 23.1 Å². The first-order valence-electron chi connectivity index (χ1n) is 10.7. The first-order chi connectivity index (χ1) is 15.2. The predicted molar refractivity (Wildman–Crippen MR) is 123 cm³/mol. The van der Waals surface area contributed by atoms with Gasteiger partial charge in [-0.2, -0.15) is 0 Å². The molecule has 2 aliphatic rings. The van der Waals surface area contributed by atoms with Crippen molar-refractivity contribution in [3.05, 3.63) is 53.1 Å². The Balaban J connectivity index is 1.66. The molecular formula is C23H29NO6S2. The molecule has 1 saturated heterocycles. The van der Waals surface area contributed by atoms with E-state index in [4.69, 9.17) is 9.47 Å². The summed E-state index contributed by atoms with van der Waals surface area (Å²) >= 11 is 0. The maximum atomic E-state index is 13.5. The molecule has 2 aromatic rings. The molecule has 0 N–H and O–H groups in total. The molecule has 7 nitrogen and oxygen atoms in total. The molecule has 0 saturated carbocycles. The van der Waals surface area contributed by atoms with Gasteiger partial charge in [0, 0.05) is 19.1 Å². The van der Waals surface area contributed by atoms with Crippen LogP contribution in [0.5, 0.6) is 11.5 Å². The van der Waals surface area contributed by atoms with Gasteiger partial charge >= 0.3 is 0 Å². The van der Waals surface area contributed by atoms with Crippen molar-refractivity contribution in [2.45, 2.75) is 42.5 Å². The standard InChI is InChI=1S/C23H29NO6S2/c1-4-16-5-7-19(8-6-16)32(27,28)23-15-31(25,26)14-20(23)24-10-9-17-11-21(29-2)22(30-3)12-18(17)13-24/h5-8,11-12,20,23H,4,9-10,13-15H2,1-3H3/t20-,23-/m1/s1. The van der Waals surface area contributed by atoms with Crippen molar-refractivity contribution >= 4 is 19.7 Å². The van der Waals surface area contributed by atoms with Crippen LogP contribution in [-0.2, 0) is 39.1 Å². The van der Waals surface area contributed by atoms with Crippen LogP contribution < -0.4 is 9.47 Å². The van der Waals surface area contributed by atoms with Crippen LogP contribution in [0.3, 0.4) is 0 Å². The van der Waals surface area contributed by atoms with Crippen LogP contribution in [-0.4, -0.2) is 65.3 Å². The first kappa shape index (κ1) is 23.1. The number of aryl methyl sites for hydroxylation is 1. The Morgan fingerprint density at radius 1 is 1.00 bits per heavy atom. The number of ether oxygens (including phenoxy) is 2. The molecule has 9 heteroatoms. The number of sulfone groups is 2. The number of hydrogen-bond acceptors (Lipinski definition) is 7. The Bertz CT molecular complexity index is 1210. The van der Waals surface area contributed by atoms with E-state index in [2.05, 4.69) is 0 Å². The molecule has 0 spiro atoms. The maximum absolute atomic E-state index is 13.5. The summed E-state index contributed by atoms with van der Waals surface area (Å²) < 4.78 is 62.9. The lowest BCUT2D eigenvalue weighted by atomic mass is 9.97. The average Bonchev–Trinajstić information content (AvgIpc) is 3.14. The molecule has 0 radical (unpaired) electrons. The van der Waals surface area contributed by atoms with Gasteiger partial charge in [-0.1, -0.05) is 19.1 Å². The summed E-state index contributed by atoms with van der Waals surface area (Å²) in [5, 5.41) is -0.985. The molecule has 32 heavy (non-hydrogen) atoms. The van der Waals surface area contributed by atoms with Crippen LogP contribution in [0.15, 0.2) is 41.3 Å². The summed E-state index contributed by atoms with van der Waals surface area (Å²) in [5.41, 5.74) is 3.15. The molecule has 0 aliphatic carbocycles. The van der Waals surface area contributed by atoms with E-state index in [1.807, 2.05) is 24.0 Å². The predicted octanol–water partition coefficient (Wildman–Crippen LogP) is 2.26. The van der Waals surface area contributed by atoms with Gasteiger partial charge in [0.05, 0.1) is 35.9 Å². The second-order valence-corrected chi connectivity index (χ2v) is 12.7. The molecule has 2 atom stereocenters. The highest BCUT2D eigenvalue weighted by Crippen LogP contribution is 2.36. The van der Waals surface area contributed by atoms with Gasteiger partial charge in [-0.05, 0) is 53.8 Å². The Morgan fingerprint density at radius 2 is 1.62 bits per heavy atom. The van der Waals surface area contributed by atoms with Crippen LogP contribution in [0.2, 0.25) is 0 Å². The molecule has 0 bridgehead atoms. The van der Waals surface area contributed by atoms with Gasteiger partial charge in [0.25, 0.3) is 0 Å². The van der Waals surface area contributed by atoms with Crippen molar-refractivity contribution in [2.75, 3.05) is 32.3 Å². The number of fused-ring (bicyclic) bond motifs is 1. The number of rotatable bonds is 6. The van der Waals surface area contributed by atoms with Crippen LogP contribution in [0.25, 0.3) is 0 Å². The Kier molecular flexibility index (Phi) is 6.26. The summed E-state index contributed by atoms with van der Waals surface area (Å²) in [6.45, 7) is 3.06. The molecule has 2 aliphatic heterocycles. The van der Waals surface area contributed by atoms with Gasteiger partial charge in [-0.3, -0.25) is 4.90 Å². The topological polar surface area (TPSA) is 90.0 Å². The average molecular weight is 480 g/mol. The molecule has 174 valence electrons. The highest BCUT2D eigenvalue weighted by molar-refractivity contribution is 7.96. The summed E-state index contributed by atoms with van der Waals surface area (Å²) in [7, 11) is -4.11. The molecule has 0 aromatic heterocycles. The van der Waals surface area contributed by atoms with E-state index in [0.29, 0.717) is 31.0 Å². The minimum atomic E-state index is -3.80. The molecule has 2 heterocycles. The van der Waals surface area contributed by atoms with Crippen molar-refractivity contribution in [1.82, 2.24) is 4.90 Å². The molecule has 4 rings (SSSR count). The summed E-state index contributed by atoms with van der Waals surface area (Å²) in [4.78, 5) is 2.19. The van der Waals surface area contributed by atoms with Crippen molar-refractivity contribution in [1.29, 1.82) is 0 Å². The van der Waals surface area contributed by atoms with Gasteiger partial charge in [0.2, 0.25) is 0 Å². The summed E-state index contributed by atoms with van der Waals surface area (Å²) in [6.07, 6.45) is 1.49. The van der Waals surface area contributed by atoms with E-state index in [1.165, 1.54) is 0 Å².